The fourth-order valence-electron chi connectivity index (χ4n) is 0.847. The van der Waals surface area contributed by atoms with Gasteiger partial charge in [0.2, 0.25) is 5.91 Å². The van der Waals surface area contributed by atoms with E-state index in [1.165, 1.54) is 0 Å². The first kappa shape index (κ1) is 8.47. The number of amides is 4. The summed E-state index contributed by atoms with van der Waals surface area (Å²) in [5.74, 6) is 3.77. The molecule has 0 bridgehead atoms. The summed E-state index contributed by atoms with van der Waals surface area (Å²) in [7, 11) is 0. The molecule has 5 N–H and O–H groups in total. The van der Waals surface area contributed by atoms with Crippen LogP contribution in [0, 0.1) is 0 Å². The van der Waals surface area contributed by atoms with E-state index in [0.29, 0.717) is 0 Å². The lowest BCUT2D eigenvalue weighted by Gasteiger charge is -2.03. The number of imide groups is 1. The molecule has 0 spiro atoms. The lowest BCUT2D eigenvalue weighted by atomic mass is 10.2. The molecule has 0 aromatic carbocycles. The molecule has 1 saturated heterocycles. The molecule has 1 fully saturated rings. The van der Waals surface area contributed by atoms with Crippen molar-refractivity contribution < 1.29 is 14.4 Å². The molecule has 1 heterocycles. The van der Waals surface area contributed by atoms with Crippen LogP contribution in [-0.4, -0.2) is 23.9 Å². The summed E-state index contributed by atoms with van der Waals surface area (Å²) in [4.78, 5) is 32.0. The van der Waals surface area contributed by atoms with Crippen molar-refractivity contribution >= 4 is 17.8 Å². The Morgan fingerprint density at radius 1 is 1.58 bits per heavy atom. The van der Waals surface area contributed by atoms with Gasteiger partial charge >= 0.3 is 6.03 Å². The number of rotatable bonds is 2. The number of carbonyl (C=O) groups excluding carboxylic acids is 3. The summed E-state index contributed by atoms with van der Waals surface area (Å²) in [5.41, 5.74) is 1.86. The van der Waals surface area contributed by atoms with E-state index in [1.54, 1.807) is 0 Å². The Labute approximate surface area is 67.6 Å². The second-order valence-electron chi connectivity index (χ2n) is 2.29. The largest absolute Gasteiger partial charge is 0.325 e. The highest BCUT2D eigenvalue weighted by molar-refractivity contribution is 6.05. The van der Waals surface area contributed by atoms with E-state index in [4.69, 9.17) is 5.84 Å². The summed E-state index contributed by atoms with van der Waals surface area (Å²) >= 11 is 0. The fraction of sp³-hybridized carbons (Fsp3) is 0.400. The lowest BCUT2D eigenvalue weighted by molar-refractivity contribution is -0.126. The van der Waals surface area contributed by atoms with Gasteiger partial charge in [-0.3, -0.25) is 20.3 Å². The maximum atomic E-state index is 10.8. The van der Waals surface area contributed by atoms with E-state index in [2.05, 4.69) is 5.32 Å². The van der Waals surface area contributed by atoms with Crippen molar-refractivity contribution in [1.29, 1.82) is 0 Å². The van der Waals surface area contributed by atoms with E-state index < -0.39 is 23.9 Å². The van der Waals surface area contributed by atoms with Gasteiger partial charge in [0, 0.05) is 0 Å². The Morgan fingerprint density at radius 2 is 2.25 bits per heavy atom. The number of carbonyl (C=O) groups is 3. The summed E-state index contributed by atoms with van der Waals surface area (Å²) in [6.07, 6.45) is -0.145. The van der Waals surface area contributed by atoms with E-state index in [0.717, 1.165) is 0 Å². The standard InChI is InChI=1S/C5H8N4O3/c6-9-3(10)1-2-4(11)8-5(12)7-2/h2H,1,6H2,(H,9,10)(H2,7,8,11,12). The molecule has 0 saturated carbocycles. The average molecular weight is 172 g/mol. The van der Waals surface area contributed by atoms with E-state index in [9.17, 15) is 14.4 Å². The number of nitrogens with two attached hydrogens (primary N) is 1. The molecule has 7 nitrogen and oxygen atoms in total. The fourth-order valence-corrected chi connectivity index (χ4v) is 0.847. The second kappa shape index (κ2) is 3.18. The van der Waals surface area contributed by atoms with Crippen molar-refractivity contribution in [2.24, 2.45) is 5.84 Å². The predicted octanol–water partition coefficient (Wildman–Crippen LogP) is -2.43. The molecular formula is C5H8N4O3. The van der Waals surface area contributed by atoms with Crippen LogP contribution < -0.4 is 21.9 Å². The molecule has 1 aliphatic rings. The number of hydrazine groups is 1. The summed E-state index contributed by atoms with van der Waals surface area (Å²) in [6, 6.07) is -1.39. The topological polar surface area (TPSA) is 113 Å². The van der Waals surface area contributed by atoms with Crippen molar-refractivity contribution in [3.05, 3.63) is 0 Å². The zero-order chi connectivity index (χ0) is 9.14. The summed E-state index contributed by atoms with van der Waals surface area (Å²) in [6.45, 7) is 0. The molecule has 1 rings (SSSR count). The molecule has 0 aromatic rings. The second-order valence-corrected chi connectivity index (χ2v) is 2.29. The number of hydrogen-bond acceptors (Lipinski definition) is 4. The Kier molecular flexibility index (Phi) is 2.24. The third-order valence-electron chi connectivity index (χ3n) is 1.41. The van der Waals surface area contributed by atoms with Crippen molar-refractivity contribution in [2.75, 3.05) is 0 Å². The first-order valence-corrected chi connectivity index (χ1v) is 3.24. The molecule has 1 unspecified atom stereocenters. The van der Waals surface area contributed by atoms with Gasteiger partial charge in [-0.1, -0.05) is 0 Å². The van der Waals surface area contributed by atoms with Gasteiger partial charge in [-0.25, -0.2) is 10.6 Å². The molecule has 4 amide bonds. The third-order valence-corrected chi connectivity index (χ3v) is 1.41. The predicted molar refractivity (Wildman–Crippen MR) is 37.4 cm³/mol. The maximum Gasteiger partial charge on any atom is 0.322 e. The zero-order valence-corrected chi connectivity index (χ0v) is 6.09. The molecule has 7 heteroatoms. The van der Waals surface area contributed by atoms with E-state index in [1.807, 2.05) is 10.7 Å². The van der Waals surface area contributed by atoms with Gasteiger partial charge in [-0.05, 0) is 0 Å². The van der Waals surface area contributed by atoms with Crippen molar-refractivity contribution in [3.63, 3.8) is 0 Å². The van der Waals surface area contributed by atoms with E-state index >= 15 is 0 Å². The Balaban J connectivity index is 2.48. The van der Waals surface area contributed by atoms with Gasteiger partial charge in [0.05, 0.1) is 6.42 Å². The molecule has 1 aliphatic heterocycles. The van der Waals surface area contributed by atoms with Crippen molar-refractivity contribution in [2.45, 2.75) is 12.5 Å². The molecule has 1 atom stereocenters. The molecule has 12 heavy (non-hydrogen) atoms. The SMILES string of the molecule is NNC(=O)CC1NC(=O)NC1=O. The van der Waals surface area contributed by atoms with Crippen LogP contribution in [0.4, 0.5) is 4.79 Å². The first-order valence-electron chi connectivity index (χ1n) is 3.24. The van der Waals surface area contributed by atoms with Gasteiger partial charge in [-0.15, -0.1) is 0 Å². The third kappa shape index (κ3) is 1.70. The van der Waals surface area contributed by atoms with Gasteiger partial charge in [-0.2, -0.15) is 0 Å². The minimum atomic E-state index is -0.805. The van der Waals surface area contributed by atoms with Crippen LogP contribution in [0.2, 0.25) is 0 Å². The van der Waals surface area contributed by atoms with Crippen LogP contribution in [0.3, 0.4) is 0 Å². The van der Waals surface area contributed by atoms with E-state index in [-0.39, 0.29) is 6.42 Å². The minimum absolute atomic E-state index is 0.145. The summed E-state index contributed by atoms with van der Waals surface area (Å²) < 4.78 is 0. The van der Waals surface area contributed by atoms with Gasteiger partial charge in [0.15, 0.2) is 0 Å². The molecule has 0 aromatic heterocycles. The highest BCUT2D eigenvalue weighted by Crippen LogP contribution is 1.97. The van der Waals surface area contributed by atoms with Crippen molar-refractivity contribution in [1.82, 2.24) is 16.1 Å². The quantitative estimate of drug-likeness (QED) is 0.160. The highest BCUT2D eigenvalue weighted by atomic mass is 16.2. The lowest BCUT2D eigenvalue weighted by Crippen LogP contribution is -2.38. The first-order chi connectivity index (χ1) is 5.63. The van der Waals surface area contributed by atoms with Gasteiger partial charge < -0.3 is 5.32 Å². The Bertz CT molecular complexity index is 239. The van der Waals surface area contributed by atoms with Gasteiger partial charge in [0.25, 0.3) is 5.91 Å². The molecule has 66 valence electrons. The van der Waals surface area contributed by atoms with Crippen molar-refractivity contribution in [3.8, 4) is 0 Å². The van der Waals surface area contributed by atoms with Crippen LogP contribution in [0.1, 0.15) is 6.42 Å². The van der Waals surface area contributed by atoms with Crippen LogP contribution in [0.15, 0.2) is 0 Å². The zero-order valence-electron chi connectivity index (χ0n) is 6.09. The van der Waals surface area contributed by atoms with Crippen LogP contribution in [0.25, 0.3) is 0 Å². The van der Waals surface area contributed by atoms with Crippen LogP contribution >= 0.6 is 0 Å². The molecule has 0 radical (unpaired) electrons. The Hall–Kier alpha value is -1.63. The number of hydrogen-bond donors (Lipinski definition) is 4. The summed E-state index contributed by atoms with van der Waals surface area (Å²) in [5, 5.41) is 4.24. The van der Waals surface area contributed by atoms with Crippen LogP contribution in [0.5, 0.6) is 0 Å². The highest BCUT2D eigenvalue weighted by Gasteiger charge is 2.30. The van der Waals surface area contributed by atoms with Crippen LogP contribution in [-0.2, 0) is 9.59 Å². The maximum absolute atomic E-state index is 10.8. The monoisotopic (exact) mass is 172 g/mol. The number of urea groups is 1. The number of nitrogens with one attached hydrogen (secondary N) is 3. The normalized spacial score (nSPS) is 21.6. The average Bonchev–Trinajstić information content (AvgIpc) is 2.30. The smallest absolute Gasteiger partial charge is 0.322 e. The molecular weight excluding hydrogens is 164 g/mol. The molecule has 0 aliphatic carbocycles. The van der Waals surface area contributed by atoms with Gasteiger partial charge in [0.1, 0.15) is 6.04 Å². The minimum Gasteiger partial charge on any atom is -0.325 e. The Morgan fingerprint density at radius 3 is 2.67 bits per heavy atom.